The zero-order valence-electron chi connectivity index (χ0n) is 19.5. The number of aryl methyl sites for hydroxylation is 1. The van der Waals surface area contributed by atoms with Crippen LogP contribution in [0.4, 0.5) is 5.69 Å². The van der Waals surface area contributed by atoms with Crippen LogP contribution >= 0.6 is 0 Å². The molecule has 10 nitrogen and oxygen atoms in total. The summed E-state index contributed by atoms with van der Waals surface area (Å²) in [6.45, 7) is 8.17. The van der Waals surface area contributed by atoms with Gasteiger partial charge in [0.1, 0.15) is 0 Å². The summed E-state index contributed by atoms with van der Waals surface area (Å²) in [5.74, 6) is -0.224. The average Bonchev–Trinajstić information content (AvgIpc) is 2.80. The summed E-state index contributed by atoms with van der Waals surface area (Å²) in [5, 5.41) is 14.1. The monoisotopic (exact) mass is 481 g/mol. The fourth-order valence-corrected chi connectivity index (χ4v) is 6.08. The summed E-state index contributed by atoms with van der Waals surface area (Å²) in [7, 11) is -1.71. The lowest BCUT2D eigenvalue weighted by Gasteiger charge is -2.32. The van der Waals surface area contributed by atoms with Crippen molar-refractivity contribution in [3.8, 4) is 0 Å². The maximum absolute atomic E-state index is 13.0. The van der Waals surface area contributed by atoms with Gasteiger partial charge >= 0.3 is 0 Å². The highest BCUT2D eigenvalue weighted by atomic mass is 32.2. The molecule has 1 aromatic carbocycles. The van der Waals surface area contributed by atoms with E-state index in [1.165, 1.54) is 16.4 Å². The van der Waals surface area contributed by atoms with Gasteiger partial charge in [-0.15, -0.1) is 0 Å². The van der Waals surface area contributed by atoms with Crippen LogP contribution in [0, 0.1) is 23.0 Å². The number of carbonyl (C=O) groups excluding carboxylic acids is 1. The van der Waals surface area contributed by atoms with Gasteiger partial charge in [0.25, 0.3) is 5.69 Å². The molecule has 0 aliphatic carbocycles. The average molecular weight is 482 g/mol. The quantitative estimate of drug-likeness (QED) is 0.322. The standard InChI is InChI=1S/C22H35N5O5S/c1-18-5-6-20(27(29)30)17-21(18)33(31,32)26-11-7-19(8-12-26)22(28)23-9-3-4-10-25-15-13-24(2)14-16-25/h5-6,17,19H,3-4,7-16H2,1-2H3,(H,23,28). The first-order valence-corrected chi connectivity index (χ1v) is 13.1. The second-order valence-corrected chi connectivity index (χ2v) is 10.9. The second kappa shape index (κ2) is 11.4. The van der Waals surface area contributed by atoms with Crippen molar-refractivity contribution in [2.75, 3.05) is 59.4 Å². The normalized spacial score (nSPS) is 19.5. The third kappa shape index (κ3) is 6.72. The largest absolute Gasteiger partial charge is 0.356 e. The van der Waals surface area contributed by atoms with Crippen LogP contribution in [-0.2, 0) is 14.8 Å². The molecule has 184 valence electrons. The lowest BCUT2D eigenvalue weighted by molar-refractivity contribution is -0.385. The predicted octanol–water partition coefficient (Wildman–Crippen LogP) is 1.45. The highest BCUT2D eigenvalue weighted by molar-refractivity contribution is 7.89. The summed E-state index contributed by atoms with van der Waals surface area (Å²) in [5.41, 5.74) is 0.220. The van der Waals surface area contributed by atoms with E-state index in [4.69, 9.17) is 0 Å². The first-order valence-electron chi connectivity index (χ1n) is 11.6. The Morgan fingerprint density at radius 1 is 1.12 bits per heavy atom. The summed E-state index contributed by atoms with van der Waals surface area (Å²) in [6, 6.07) is 3.87. The lowest BCUT2D eigenvalue weighted by Crippen LogP contribution is -2.45. The van der Waals surface area contributed by atoms with Gasteiger partial charge in [-0.1, -0.05) is 6.07 Å². The van der Waals surface area contributed by atoms with E-state index in [0.717, 1.165) is 51.6 Å². The van der Waals surface area contributed by atoms with Gasteiger partial charge in [-0.3, -0.25) is 14.9 Å². The predicted molar refractivity (Wildman–Crippen MR) is 125 cm³/mol. The minimum absolute atomic E-state index is 0.0156. The van der Waals surface area contributed by atoms with Crippen molar-refractivity contribution >= 4 is 21.6 Å². The Balaban J connectivity index is 1.42. The van der Waals surface area contributed by atoms with Crippen molar-refractivity contribution in [1.82, 2.24) is 19.4 Å². The summed E-state index contributed by atoms with van der Waals surface area (Å²) in [4.78, 5) is 27.7. The summed E-state index contributed by atoms with van der Waals surface area (Å²) < 4.78 is 27.4. The van der Waals surface area contributed by atoms with Crippen molar-refractivity contribution < 1.29 is 18.1 Å². The van der Waals surface area contributed by atoms with E-state index in [2.05, 4.69) is 22.2 Å². The minimum Gasteiger partial charge on any atom is -0.356 e. The van der Waals surface area contributed by atoms with Gasteiger partial charge in [-0.25, -0.2) is 8.42 Å². The van der Waals surface area contributed by atoms with Crippen molar-refractivity contribution in [2.24, 2.45) is 5.92 Å². The van der Waals surface area contributed by atoms with Gasteiger partial charge in [-0.05, 0) is 51.8 Å². The van der Waals surface area contributed by atoms with E-state index < -0.39 is 14.9 Å². The molecule has 2 heterocycles. The van der Waals surface area contributed by atoms with Crippen molar-refractivity contribution in [3.05, 3.63) is 33.9 Å². The number of amides is 1. The van der Waals surface area contributed by atoms with Crippen LogP contribution in [0.3, 0.4) is 0 Å². The molecule has 0 bridgehead atoms. The number of likely N-dealkylation sites (N-methyl/N-ethyl adjacent to an activating group) is 1. The first-order chi connectivity index (χ1) is 15.7. The Morgan fingerprint density at radius 3 is 2.42 bits per heavy atom. The molecule has 0 spiro atoms. The van der Waals surface area contributed by atoms with Gasteiger partial charge in [-0.2, -0.15) is 4.31 Å². The molecule has 0 atom stereocenters. The number of nitro benzene ring substituents is 1. The molecule has 2 aliphatic rings. The number of nitro groups is 1. The number of non-ortho nitro benzene ring substituents is 1. The fourth-order valence-electron chi connectivity index (χ4n) is 4.37. The van der Waals surface area contributed by atoms with Gasteiger partial charge in [0.05, 0.1) is 9.82 Å². The molecule has 1 amide bonds. The van der Waals surface area contributed by atoms with E-state index in [0.29, 0.717) is 24.9 Å². The molecule has 2 fully saturated rings. The van der Waals surface area contributed by atoms with Gasteiger partial charge in [0.2, 0.25) is 15.9 Å². The number of rotatable bonds is 9. The summed E-state index contributed by atoms with van der Waals surface area (Å²) >= 11 is 0. The van der Waals surface area contributed by atoms with Gasteiger partial charge in [0, 0.05) is 63.9 Å². The molecular weight excluding hydrogens is 446 g/mol. The topological polar surface area (TPSA) is 116 Å². The molecule has 1 N–H and O–H groups in total. The molecule has 2 aliphatic heterocycles. The fraction of sp³-hybridized carbons (Fsp3) is 0.682. The second-order valence-electron chi connectivity index (χ2n) is 9.03. The van der Waals surface area contributed by atoms with E-state index in [1.54, 1.807) is 6.92 Å². The zero-order valence-corrected chi connectivity index (χ0v) is 20.3. The maximum atomic E-state index is 13.0. The Hall–Kier alpha value is -2.08. The highest BCUT2D eigenvalue weighted by Gasteiger charge is 2.33. The lowest BCUT2D eigenvalue weighted by atomic mass is 9.97. The Kier molecular flexibility index (Phi) is 8.80. The maximum Gasteiger partial charge on any atom is 0.270 e. The van der Waals surface area contributed by atoms with Crippen molar-refractivity contribution in [3.63, 3.8) is 0 Å². The number of nitrogens with one attached hydrogen (secondary N) is 1. The molecule has 33 heavy (non-hydrogen) atoms. The number of hydrogen-bond acceptors (Lipinski definition) is 7. The van der Waals surface area contributed by atoms with Crippen molar-refractivity contribution in [2.45, 2.75) is 37.5 Å². The molecule has 3 rings (SSSR count). The number of piperazine rings is 1. The van der Waals surface area contributed by atoms with Gasteiger partial charge < -0.3 is 15.1 Å². The smallest absolute Gasteiger partial charge is 0.270 e. The zero-order chi connectivity index (χ0) is 24.0. The third-order valence-electron chi connectivity index (χ3n) is 6.62. The number of hydrogen-bond donors (Lipinski definition) is 1. The Morgan fingerprint density at radius 2 is 1.79 bits per heavy atom. The minimum atomic E-state index is -3.85. The Labute approximate surface area is 196 Å². The van der Waals surface area contributed by atoms with E-state index in [1.807, 2.05) is 0 Å². The van der Waals surface area contributed by atoms with Gasteiger partial charge in [0.15, 0.2) is 0 Å². The molecule has 0 unspecified atom stereocenters. The van der Waals surface area contributed by atoms with Crippen LogP contribution < -0.4 is 5.32 Å². The summed E-state index contributed by atoms with van der Waals surface area (Å²) in [6.07, 6.45) is 2.86. The van der Waals surface area contributed by atoms with Crippen molar-refractivity contribution in [1.29, 1.82) is 0 Å². The van der Waals surface area contributed by atoms with E-state index in [-0.39, 0.29) is 35.5 Å². The molecule has 0 saturated carbocycles. The SMILES string of the molecule is Cc1ccc([N+](=O)[O-])cc1S(=O)(=O)N1CCC(C(=O)NCCCCN2CCN(C)CC2)CC1. The molecule has 0 radical (unpaired) electrons. The Bertz CT molecular complexity index is 938. The number of benzene rings is 1. The third-order valence-corrected chi connectivity index (χ3v) is 8.66. The number of piperidine rings is 1. The number of unbranched alkanes of at least 4 members (excludes halogenated alkanes) is 1. The van der Waals surface area contributed by atoms with Crippen LogP contribution in [0.2, 0.25) is 0 Å². The van der Waals surface area contributed by atoms with Crippen LogP contribution in [-0.4, -0.2) is 92.8 Å². The molecule has 0 aromatic heterocycles. The molecular formula is C22H35N5O5S. The van der Waals surface area contributed by atoms with E-state index >= 15 is 0 Å². The number of nitrogens with zero attached hydrogens (tertiary/aromatic N) is 4. The van der Waals surface area contributed by atoms with Crippen LogP contribution in [0.1, 0.15) is 31.2 Å². The van der Waals surface area contributed by atoms with E-state index in [9.17, 15) is 23.3 Å². The van der Waals surface area contributed by atoms with Crippen LogP contribution in [0.5, 0.6) is 0 Å². The molecule has 1 aromatic rings. The van der Waals surface area contributed by atoms with Crippen LogP contribution in [0.25, 0.3) is 0 Å². The van der Waals surface area contributed by atoms with Crippen LogP contribution in [0.15, 0.2) is 23.1 Å². The number of carbonyl (C=O) groups is 1. The molecule has 11 heteroatoms. The number of sulfonamides is 1. The molecule has 2 saturated heterocycles. The first kappa shape index (κ1) is 25.5. The highest BCUT2D eigenvalue weighted by Crippen LogP contribution is 2.28.